The average Bonchev–Trinajstić information content (AvgIpc) is 3.47. The van der Waals surface area contributed by atoms with Crippen molar-refractivity contribution in [2.24, 2.45) is 0 Å². The molecule has 170 valence electrons. The zero-order valence-corrected chi connectivity index (χ0v) is 18.1. The van der Waals surface area contributed by atoms with E-state index in [1.807, 2.05) is 24.4 Å². The first-order valence-electron chi connectivity index (χ1n) is 11.3. The lowest BCUT2D eigenvalue weighted by Crippen LogP contribution is -2.47. The van der Waals surface area contributed by atoms with Crippen LogP contribution in [-0.4, -0.2) is 74.0 Å². The Bertz CT molecular complexity index is 1210. The number of aliphatic hydroxyl groups is 1. The van der Waals surface area contributed by atoms with E-state index >= 15 is 0 Å². The molecular formula is C22H25N9O2. The number of rotatable bonds is 5. The van der Waals surface area contributed by atoms with Gasteiger partial charge in [0.05, 0.1) is 6.20 Å². The number of fused-ring (bicyclic) bond motifs is 1. The van der Waals surface area contributed by atoms with Gasteiger partial charge in [0.1, 0.15) is 12.0 Å². The molecule has 1 aliphatic carbocycles. The maximum absolute atomic E-state index is 12.1. The van der Waals surface area contributed by atoms with Gasteiger partial charge in [0.2, 0.25) is 17.8 Å². The molecule has 2 aliphatic heterocycles. The number of hydrogen-bond acceptors (Lipinski definition) is 9. The van der Waals surface area contributed by atoms with E-state index < -0.39 is 6.23 Å². The Hall–Kier alpha value is -3.73. The van der Waals surface area contributed by atoms with E-state index in [9.17, 15) is 9.90 Å². The fraction of sp³-hybridized carbons (Fsp3) is 0.409. The molecule has 3 N–H and O–H groups in total. The first-order chi connectivity index (χ1) is 16.1. The van der Waals surface area contributed by atoms with E-state index in [0.717, 1.165) is 50.4 Å². The number of piperazine rings is 1. The maximum Gasteiger partial charge on any atom is 0.249 e. The van der Waals surface area contributed by atoms with Crippen molar-refractivity contribution in [1.82, 2.24) is 29.9 Å². The summed E-state index contributed by atoms with van der Waals surface area (Å²) < 4.78 is 1.70. The summed E-state index contributed by atoms with van der Waals surface area (Å²) in [5.74, 6) is 2.01. The van der Waals surface area contributed by atoms with Crippen LogP contribution in [0.3, 0.4) is 0 Å². The van der Waals surface area contributed by atoms with Crippen LogP contribution < -0.4 is 20.4 Å². The van der Waals surface area contributed by atoms with Crippen LogP contribution in [0.5, 0.6) is 0 Å². The lowest BCUT2D eigenvalue weighted by molar-refractivity contribution is -0.117. The van der Waals surface area contributed by atoms with Crippen molar-refractivity contribution in [3.05, 3.63) is 41.7 Å². The van der Waals surface area contributed by atoms with Crippen molar-refractivity contribution in [3.8, 4) is 0 Å². The van der Waals surface area contributed by atoms with Gasteiger partial charge in [-0.05, 0) is 31.1 Å². The Labute approximate surface area is 190 Å². The Balaban J connectivity index is 1.31. The van der Waals surface area contributed by atoms with Crippen LogP contribution in [0.4, 0.5) is 17.7 Å². The second-order valence-electron chi connectivity index (χ2n) is 8.63. The molecule has 3 aromatic rings. The molecule has 1 amide bonds. The van der Waals surface area contributed by atoms with Crippen LogP contribution in [-0.2, 0) is 4.79 Å². The number of carbonyl (C=O) groups excluding carboxylic acids is 1. The van der Waals surface area contributed by atoms with Crippen LogP contribution >= 0.6 is 0 Å². The predicted molar refractivity (Wildman–Crippen MR) is 123 cm³/mol. The fourth-order valence-electron chi connectivity index (χ4n) is 4.21. The third kappa shape index (κ3) is 3.95. The van der Waals surface area contributed by atoms with E-state index in [-0.39, 0.29) is 12.3 Å². The lowest BCUT2D eigenvalue weighted by Gasteiger charge is -2.35. The summed E-state index contributed by atoms with van der Waals surface area (Å²) in [6, 6.07) is 6.35. The number of pyridine rings is 1. The smallest absolute Gasteiger partial charge is 0.249 e. The van der Waals surface area contributed by atoms with Crippen LogP contribution in [0.25, 0.3) is 11.7 Å². The molecule has 0 spiro atoms. The van der Waals surface area contributed by atoms with Crippen molar-refractivity contribution in [1.29, 1.82) is 0 Å². The van der Waals surface area contributed by atoms with E-state index in [1.54, 1.807) is 16.8 Å². The quantitative estimate of drug-likeness (QED) is 0.484. The van der Waals surface area contributed by atoms with Crippen molar-refractivity contribution in [2.45, 2.75) is 31.5 Å². The Morgan fingerprint density at radius 2 is 1.94 bits per heavy atom. The van der Waals surface area contributed by atoms with Gasteiger partial charge >= 0.3 is 0 Å². The second kappa shape index (κ2) is 8.00. The minimum Gasteiger partial charge on any atom is -0.373 e. The zero-order chi connectivity index (χ0) is 22.4. The summed E-state index contributed by atoms with van der Waals surface area (Å²) in [6.45, 7) is 3.19. The number of carbonyl (C=O) groups is 1. The second-order valence-corrected chi connectivity index (χ2v) is 8.63. The summed E-state index contributed by atoms with van der Waals surface area (Å²) in [6.07, 6.45) is 6.89. The van der Waals surface area contributed by atoms with Crippen LogP contribution in [0.2, 0.25) is 0 Å². The van der Waals surface area contributed by atoms with Gasteiger partial charge < -0.3 is 25.5 Å². The summed E-state index contributed by atoms with van der Waals surface area (Å²) >= 11 is 0. The van der Waals surface area contributed by atoms with Crippen LogP contribution in [0, 0.1) is 0 Å². The van der Waals surface area contributed by atoms with E-state index in [2.05, 4.69) is 30.5 Å². The Morgan fingerprint density at radius 3 is 2.64 bits per heavy atom. The highest BCUT2D eigenvalue weighted by atomic mass is 16.3. The molecular weight excluding hydrogens is 422 g/mol. The molecule has 1 unspecified atom stereocenters. The number of nitrogens with zero attached hydrogens (tertiary/aromatic N) is 7. The molecule has 11 nitrogen and oxygen atoms in total. The molecule has 5 heterocycles. The van der Waals surface area contributed by atoms with Crippen molar-refractivity contribution in [3.63, 3.8) is 0 Å². The first kappa shape index (κ1) is 19.9. The number of hydrogen-bond donors (Lipinski definition) is 3. The highest BCUT2D eigenvalue weighted by Crippen LogP contribution is 2.27. The van der Waals surface area contributed by atoms with Crippen LogP contribution in [0.15, 0.2) is 36.2 Å². The lowest BCUT2D eigenvalue weighted by atomic mass is 10.1. The van der Waals surface area contributed by atoms with Gasteiger partial charge in [0.15, 0.2) is 5.65 Å². The normalized spacial score (nSPS) is 22.3. The summed E-state index contributed by atoms with van der Waals surface area (Å²) in [7, 11) is 0. The molecule has 3 aliphatic rings. The molecule has 1 atom stereocenters. The standard InChI is InChI=1S/C22H25N9O2/c32-18-12-14(20(33)26-18)11-15-13-24-31-19(15)27-21(28-22(31)25-16-4-5-16)30-9-7-29(8-10-30)17-3-1-2-6-23-17/h1-3,6,11,13,16,18,32H,4-5,7-10,12H2,(H,26,33)(H,25,27,28). The number of amides is 1. The number of aliphatic hydroxyl groups excluding tert-OH is 1. The largest absolute Gasteiger partial charge is 0.373 e. The van der Waals surface area contributed by atoms with Gasteiger partial charge in [-0.25, -0.2) is 4.98 Å². The number of aromatic nitrogens is 5. The van der Waals surface area contributed by atoms with E-state index in [1.165, 1.54) is 0 Å². The molecule has 33 heavy (non-hydrogen) atoms. The van der Waals surface area contributed by atoms with Crippen molar-refractivity contribution >= 4 is 35.3 Å². The highest BCUT2D eigenvalue weighted by Gasteiger charge is 2.28. The van der Waals surface area contributed by atoms with E-state index in [0.29, 0.717) is 29.2 Å². The fourth-order valence-corrected chi connectivity index (χ4v) is 4.21. The minimum atomic E-state index is -0.849. The Kier molecular flexibility index (Phi) is 4.83. The van der Waals surface area contributed by atoms with Crippen molar-refractivity contribution < 1.29 is 9.90 Å². The zero-order valence-electron chi connectivity index (χ0n) is 18.1. The number of anilines is 3. The van der Waals surface area contributed by atoms with Crippen molar-refractivity contribution in [2.75, 3.05) is 41.3 Å². The third-order valence-corrected chi connectivity index (χ3v) is 6.16. The SMILES string of the molecule is O=C1NC(O)CC1=Cc1cnn2c(NC3CC3)nc(N3CCN(c4ccccn4)CC3)nc12. The average molecular weight is 448 g/mol. The summed E-state index contributed by atoms with van der Waals surface area (Å²) in [4.78, 5) is 30.6. The molecule has 3 aromatic heterocycles. The number of nitrogens with one attached hydrogen (secondary N) is 2. The molecule has 0 aromatic carbocycles. The van der Waals surface area contributed by atoms with Gasteiger partial charge in [-0.15, -0.1) is 0 Å². The van der Waals surface area contributed by atoms with E-state index in [4.69, 9.17) is 9.97 Å². The monoisotopic (exact) mass is 447 g/mol. The van der Waals surface area contributed by atoms with Gasteiger partial charge in [-0.3, -0.25) is 4.79 Å². The highest BCUT2D eigenvalue weighted by molar-refractivity contribution is 6.00. The minimum absolute atomic E-state index is 0.261. The van der Waals surface area contributed by atoms with Gasteiger partial charge in [0.25, 0.3) is 0 Å². The third-order valence-electron chi connectivity index (χ3n) is 6.16. The topological polar surface area (TPSA) is 124 Å². The summed E-state index contributed by atoms with van der Waals surface area (Å²) in [5, 5.41) is 20.2. The molecule has 1 saturated carbocycles. The molecule has 11 heteroatoms. The van der Waals surface area contributed by atoms with Crippen LogP contribution in [0.1, 0.15) is 24.8 Å². The molecule has 0 bridgehead atoms. The molecule has 0 radical (unpaired) electrons. The summed E-state index contributed by atoms with van der Waals surface area (Å²) in [5.41, 5.74) is 1.87. The Morgan fingerprint density at radius 1 is 1.12 bits per heavy atom. The van der Waals surface area contributed by atoms with Gasteiger partial charge in [-0.2, -0.15) is 19.6 Å². The molecule has 6 rings (SSSR count). The molecule has 2 saturated heterocycles. The molecule has 3 fully saturated rings. The predicted octanol–water partition coefficient (Wildman–Crippen LogP) is 0.642. The maximum atomic E-state index is 12.1. The van der Waals surface area contributed by atoms with Gasteiger partial charge in [-0.1, -0.05) is 6.07 Å². The first-order valence-corrected chi connectivity index (χ1v) is 11.3. The van der Waals surface area contributed by atoms with Gasteiger partial charge in [0, 0.05) is 56.0 Å².